The zero-order valence-electron chi connectivity index (χ0n) is 13.9. The van der Waals surface area contributed by atoms with Crippen LogP contribution in [0, 0.1) is 5.92 Å². The highest BCUT2D eigenvalue weighted by atomic mass is 32.1. The largest absolute Gasteiger partial charge is 0.348 e. The van der Waals surface area contributed by atoms with Gasteiger partial charge in [-0.25, -0.2) is 4.98 Å². The SMILES string of the molecule is CN1CCN(C[C@@H]2CCCN(c3nc4ccccc4s3)C2)CC1. The van der Waals surface area contributed by atoms with Gasteiger partial charge in [-0.3, -0.25) is 0 Å². The molecular formula is C18H26N4S. The molecule has 2 saturated heterocycles. The topological polar surface area (TPSA) is 22.6 Å². The number of thiazole rings is 1. The second-order valence-corrected chi connectivity index (χ2v) is 8.03. The first-order valence-electron chi connectivity index (χ1n) is 8.79. The van der Waals surface area contributed by atoms with E-state index in [1.54, 1.807) is 0 Å². The highest BCUT2D eigenvalue weighted by molar-refractivity contribution is 7.22. The Morgan fingerprint density at radius 2 is 1.96 bits per heavy atom. The fourth-order valence-corrected chi connectivity index (χ4v) is 4.78. The normalized spacial score (nSPS) is 24.4. The molecule has 1 aromatic carbocycles. The molecule has 3 heterocycles. The first kappa shape index (κ1) is 15.4. The van der Waals surface area contributed by atoms with Crippen molar-refractivity contribution < 1.29 is 0 Å². The van der Waals surface area contributed by atoms with E-state index in [0.29, 0.717) is 0 Å². The minimum atomic E-state index is 0.791. The molecule has 0 aliphatic carbocycles. The number of hydrogen-bond acceptors (Lipinski definition) is 5. The maximum atomic E-state index is 4.85. The highest BCUT2D eigenvalue weighted by Crippen LogP contribution is 2.31. The van der Waals surface area contributed by atoms with Crippen LogP contribution < -0.4 is 4.90 Å². The van der Waals surface area contributed by atoms with Gasteiger partial charge in [0.2, 0.25) is 0 Å². The summed E-state index contributed by atoms with van der Waals surface area (Å²) >= 11 is 1.85. The van der Waals surface area contributed by atoms with Crippen molar-refractivity contribution in [3.05, 3.63) is 24.3 Å². The summed E-state index contributed by atoms with van der Waals surface area (Å²) in [6.45, 7) is 8.49. The minimum absolute atomic E-state index is 0.791. The van der Waals surface area contributed by atoms with Crippen LogP contribution in [0.5, 0.6) is 0 Å². The van der Waals surface area contributed by atoms with Gasteiger partial charge in [0.1, 0.15) is 0 Å². The molecule has 0 radical (unpaired) electrons. The summed E-state index contributed by atoms with van der Waals surface area (Å²) < 4.78 is 1.31. The van der Waals surface area contributed by atoms with Gasteiger partial charge in [-0.15, -0.1) is 0 Å². The number of nitrogens with zero attached hydrogens (tertiary/aromatic N) is 4. The van der Waals surface area contributed by atoms with Crippen LogP contribution in [0.4, 0.5) is 5.13 Å². The number of piperazine rings is 1. The Bertz CT molecular complexity index is 614. The average Bonchev–Trinajstić information content (AvgIpc) is 3.01. The standard InChI is InChI=1S/C18H26N4S/c1-20-9-11-21(12-10-20)13-15-5-4-8-22(14-15)18-19-16-6-2-3-7-17(16)23-18/h2-3,6-7,15H,4-5,8-14H2,1H3/t15-/m0/s1. The first-order chi connectivity index (χ1) is 11.3. The van der Waals surface area contributed by atoms with E-state index in [1.807, 2.05) is 11.3 Å². The predicted molar refractivity (Wildman–Crippen MR) is 98.5 cm³/mol. The summed E-state index contributed by atoms with van der Waals surface area (Å²) in [5, 5.41) is 1.22. The number of para-hydroxylation sites is 1. The molecule has 0 amide bonds. The Morgan fingerprint density at radius 1 is 1.13 bits per heavy atom. The van der Waals surface area contributed by atoms with Gasteiger partial charge in [-0.2, -0.15) is 0 Å². The van der Waals surface area contributed by atoms with Gasteiger partial charge in [0.25, 0.3) is 0 Å². The molecule has 5 heteroatoms. The molecule has 0 saturated carbocycles. The van der Waals surface area contributed by atoms with Crippen molar-refractivity contribution in [1.29, 1.82) is 0 Å². The summed E-state index contributed by atoms with van der Waals surface area (Å²) in [6.07, 6.45) is 2.67. The van der Waals surface area contributed by atoms with Crippen LogP contribution >= 0.6 is 11.3 Å². The van der Waals surface area contributed by atoms with Crippen molar-refractivity contribution in [2.24, 2.45) is 5.92 Å². The predicted octanol–water partition coefficient (Wildman–Crippen LogP) is 2.76. The third-order valence-corrected chi connectivity index (χ3v) is 6.28. The van der Waals surface area contributed by atoms with Crippen molar-refractivity contribution >= 4 is 26.7 Å². The van der Waals surface area contributed by atoms with Gasteiger partial charge in [0.05, 0.1) is 10.2 Å². The third-order valence-electron chi connectivity index (χ3n) is 5.18. The van der Waals surface area contributed by atoms with E-state index in [1.165, 1.54) is 68.5 Å². The number of benzene rings is 1. The Morgan fingerprint density at radius 3 is 2.78 bits per heavy atom. The number of anilines is 1. The van der Waals surface area contributed by atoms with Crippen LogP contribution in [0.25, 0.3) is 10.2 Å². The van der Waals surface area contributed by atoms with Gasteiger partial charge in [-0.05, 0) is 37.9 Å². The van der Waals surface area contributed by atoms with Crippen molar-refractivity contribution in [3.63, 3.8) is 0 Å². The summed E-state index contributed by atoms with van der Waals surface area (Å²) in [6, 6.07) is 8.50. The van der Waals surface area contributed by atoms with Crippen LogP contribution in [-0.4, -0.2) is 67.6 Å². The Labute approximate surface area is 142 Å². The number of fused-ring (bicyclic) bond motifs is 1. The summed E-state index contributed by atoms with van der Waals surface area (Å²) in [5.41, 5.74) is 1.15. The lowest BCUT2D eigenvalue weighted by atomic mass is 9.97. The summed E-state index contributed by atoms with van der Waals surface area (Å²) in [5.74, 6) is 0.791. The van der Waals surface area contributed by atoms with Gasteiger partial charge in [-0.1, -0.05) is 23.5 Å². The van der Waals surface area contributed by atoms with E-state index in [9.17, 15) is 0 Å². The fraction of sp³-hybridized carbons (Fsp3) is 0.611. The Kier molecular flexibility index (Phi) is 4.51. The van der Waals surface area contributed by atoms with E-state index < -0.39 is 0 Å². The molecule has 0 N–H and O–H groups in total. The summed E-state index contributed by atoms with van der Waals surface area (Å²) in [7, 11) is 2.23. The maximum absolute atomic E-state index is 4.85. The number of likely N-dealkylation sites (N-methyl/N-ethyl adjacent to an activating group) is 1. The second-order valence-electron chi connectivity index (χ2n) is 7.02. The zero-order valence-corrected chi connectivity index (χ0v) is 14.8. The Hall–Kier alpha value is -1.17. The smallest absolute Gasteiger partial charge is 0.186 e. The van der Waals surface area contributed by atoms with Crippen molar-refractivity contribution in [3.8, 4) is 0 Å². The molecular weight excluding hydrogens is 304 g/mol. The second kappa shape index (κ2) is 6.75. The number of aromatic nitrogens is 1. The molecule has 2 fully saturated rings. The molecule has 0 spiro atoms. The number of rotatable bonds is 3. The quantitative estimate of drug-likeness (QED) is 0.863. The molecule has 0 unspecified atom stereocenters. The average molecular weight is 331 g/mol. The van der Waals surface area contributed by atoms with Crippen LogP contribution in [0.2, 0.25) is 0 Å². The van der Waals surface area contributed by atoms with E-state index >= 15 is 0 Å². The van der Waals surface area contributed by atoms with Crippen molar-refractivity contribution in [2.75, 3.05) is 57.8 Å². The zero-order chi connectivity index (χ0) is 15.6. The van der Waals surface area contributed by atoms with Gasteiger partial charge in [0, 0.05) is 45.8 Å². The fourth-order valence-electron chi connectivity index (χ4n) is 3.78. The monoisotopic (exact) mass is 330 g/mol. The molecule has 4 rings (SSSR count). The van der Waals surface area contributed by atoms with E-state index in [-0.39, 0.29) is 0 Å². The molecule has 124 valence electrons. The van der Waals surface area contributed by atoms with E-state index in [0.717, 1.165) is 11.4 Å². The van der Waals surface area contributed by atoms with Crippen LogP contribution in [-0.2, 0) is 0 Å². The van der Waals surface area contributed by atoms with Crippen LogP contribution in [0.1, 0.15) is 12.8 Å². The lowest BCUT2D eigenvalue weighted by Crippen LogP contribution is -2.48. The molecule has 2 aliphatic heterocycles. The molecule has 1 aromatic heterocycles. The lowest BCUT2D eigenvalue weighted by Gasteiger charge is -2.38. The Balaban J connectivity index is 1.40. The molecule has 2 aliphatic rings. The molecule has 4 nitrogen and oxygen atoms in total. The van der Waals surface area contributed by atoms with E-state index in [4.69, 9.17) is 4.98 Å². The molecule has 0 bridgehead atoms. The van der Waals surface area contributed by atoms with Crippen molar-refractivity contribution in [1.82, 2.24) is 14.8 Å². The first-order valence-corrected chi connectivity index (χ1v) is 9.61. The van der Waals surface area contributed by atoms with Crippen LogP contribution in [0.3, 0.4) is 0 Å². The van der Waals surface area contributed by atoms with Gasteiger partial charge in [0.15, 0.2) is 5.13 Å². The highest BCUT2D eigenvalue weighted by Gasteiger charge is 2.25. The summed E-state index contributed by atoms with van der Waals surface area (Å²) in [4.78, 5) is 12.5. The van der Waals surface area contributed by atoms with Crippen molar-refractivity contribution in [2.45, 2.75) is 12.8 Å². The number of piperidine rings is 1. The lowest BCUT2D eigenvalue weighted by molar-refractivity contribution is 0.131. The third kappa shape index (κ3) is 3.52. The molecule has 23 heavy (non-hydrogen) atoms. The minimum Gasteiger partial charge on any atom is -0.348 e. The van der Waals surface area contributed by atoms with Crippen LogP contribution in [0.15, 0.2) is 24.3 Å². The van der Waals surface area contributed by atoms with E-state index in [2.05, 4.69) is 46.0 Å². The molecule has 1 atom stereocenters. The van der Waals surface area contributed by atoms with Gasteiger partial charge < -0.3 is 14.7 Å². The van der Waals surface area contributed by atoms with Gasteiger partial charge >= 0.3 is 0 Å². The number of hydrogen-bond donors (Lipinski definition) is 0. The molecule has 2 aromatic rings. The maximum Gasteiger partial charge on any atom is 0.186 e.